The summed E-state index contributed by atoms with van der Waals surface area (Å²) in [5, 5.41) is 19.8. The topological polar surface area (TPSA) is 81.1 Å². The lowest BCUT2D eigenvalue weighted by atomic mass is 9.90. The molecule has 8 heteroatoms. The lowest BCUT2D eigenvalue weighted by Gasteiger charge is -2.44. The van der Waals surface area contributed by atoms with Gasteiger partial charge in [0.15, 0.2) is 5.70 Å². The molecule has 144 valence electrons. The zero-order valence-electron chi connectivity index (χ0n) is 14.9. The summed E-state index contributed by atoms with van der Waals surface area (Å²) in [5.41, 5.74) is 1.27. The number of carboxylic acid groups (broad SMARTS) is 1. The number of carbonyl (C=O) groups excluding carboxylic acids is 1. The number of carboxylic acids is 1. The number of hydrogen-bond acceptors (Lipinski definition) is 6. The monoisotopic (exact) mass is 406 g/mol. The Morgan fingerprint density at radius 2 is 2.11 bits per heavy atom. The maximum absolute atomic E-state index is 12.4. The molecule has 0 saturated carbocycles. The molecule has 27 heavy (non-hydrogen) atoms. The zero-order valence-corrected chi connectivity index (χ0v) is 16.6. The fourth-order valence-corrected chi connectivity index (χ4v) is 7.13. The van der Waals surface area contributed by atoms with Crippen LogP contribution in [0, 0.1) is 5.92 Å². The summed E-state index contributed by atoms with van der Waals surface area (Å²) in [7, 11) is 0. The van der Waals surface area contributed by atoms with Crippen molar-refractivity contribution in [2.45, 2.75) is 36.5 Å². The Kier molecular flexibility index (Phi) is 5.13. The minimum atomic E-state index is -1.07. The number of thioether (sulfide) groups is 2. The van der Waals surface area contributed by atoms with Gasteiger partial charge >= 0.3 is 5.97 Å². The first-order valence-corrected chi connectivity index (χ1v) is 10.9. The molecular formula is C19H22N2O4S2. The number of rotatable bonds is 6. The number of aliphatic hydroxyl groups excluding tert-OH is 1. The van der Waals surface area contributed by atoms with Crippen LogP contribution in [0.2, 0.25) is 0 Å². The van der Waals surface area contributed by atoms with Crippen LogP contribution in [0.4, 0.5) is 5.69 Å². The van der Waals surface area contributed by atoms with E-state index in [9.17, 15) is 19.8 Å². The molecule has 2 saturated heterocycles. The van der Waals surface area contributed by atoms with Crippen LogP contribution in [0.1, 0.15) is 19.8 Å². The number of nitrogens with zero attached hydrogens (tertiary/aromatic N) is 2. The number of aliphatic hydroxyl groups is 1. The Morgan fingerprint density at radius 3 is 2.78 bits per heavy atom. The highest BCUT2D eigenvalue weighted by atomic mass is 32.2. The first-order valence-electron chi connectivity index (χ1n) is 9.13. The van der Waals surface area contributed by atoms with Crippen molar-refractivity contribution >= 4 is 41.1 Å². The van der Waals surface area contributed by atoms with Gasteiger partial charge in [-0.05, 0) is 25.0 Å². The van der Waals surface area contributed by atoms with Gasteiger partial charge in [0.05, 0.1) is 16.3 Å². The van der Waals surface area contributed by atoms with Crippen LogP contribution in [0.5, 0.6) is 0 Å². The van der Waals surface area contributed by atoms with E-state index in [0.717, 1.165) is 19.5 Å². The van der Waals surface area contributed by atoms with Gasteiger partial charge in [-0.25, -0.2) is 4.79 Å². The van der Waals surface area contributed by atoms with Gasteiger partial charge in [-0.1, -0.05) is 36.9 Å². The first kappa shape index (κ1) is 18.7. The predicted molar refractivity (Wildman–Crippen MR) is 107 cm³/mol. The van der Waals surface area contributed by atoms with E-state index in [-0.39, 0.29) is 22.2 Å². The Labute approximate surface area is 166 Å². The molecule has 2 N–H and O–H groups in total. The Hall–Kier alpha value is -1.64. The second kappa shape index (κ2) is 7.41. The average Bonchev–Trinajstić information content (AvgIpc) is 3.25. The van der Waals surface area contributed by atoms with Crippen LogP contribution in [0.15, 0.2) is 40.3 Å². The molecule has 2 fully saturated rings. The van der Waals surface area contributed by atoms with Crippen molar-refractivity contribution in [3.8, 4) is 0 Å². The van der Waals surface area contributed by atoms with Crippen LogP contribution >= 0.6 is 23.5 Å². The molecule has 3 aliphatic heterocycles. The third-order valence-electron chi connectivity index (χ3n) is 5.32. The Morgan fingerprint density at radius 1 is 1.37 bits per heavy atom. The third-order valence-corrected chi connectivity index (χ3v) is 8.18. The van der Waals surface area contributed by atoms with Crippen molar-refractivity contribution in [2.24, 2.45) is 5.92 Å². The van der Waals surface area contributed by atoms with Crippen molar-refractivity contribution in [2.75, 3.05) is 18.0 Å². The maximum atomic E-state index is 12.4. The van der Waals surface area contributed by atoms with Crippen molar-refractivity contribution in [1.82, 2.24) is 4.90 Å². The quantitative estimate of drug-likeness (QED) is 0.703. The molecule has 1 unspecified atom stereocenters. The molecule has 4 atom stereocenters. The molecule has 0 bridgehead atoms. The van der Waals surface area contributed by atoms with Crippen LogP contribution in [-0.2, 0) is 9.59 Å². The van der Waals surface area contributed by atoms with Crippen LogP contribution < -0.4 is 4.90 Å². The number of hydrogen-bond donors (Lipinski definition) is 2. The van der Waals surface area contributed by atoms with Crippen LogP contribution in [0.3, 0.4) is 0 Å². The Balaban J connectivity index is 1.47. The average molecular weight is 407 g/mol. The second-order valence-electron chi connectivity index (χ2n) is 6.97. The highest BCUT2D eigenvalue weighted by molar-refractivity contribution is 8.23. The number of fused-ring (bicyclic) bond motifs is 1. The molecule has 0 aromatic heterocycles. The molecule has 1 aromatic carbocycles. The van der Waals surface area contributed by atoms with Gasteiger partial charge in [-0.3, -0.25) is 9.69 Å². The zero-order chi connectivity index (χ0) is 19.1. The van der Waals surface area contributed by atoms with Crippen molar-refractivity contribution in [1.29, 1.82) is 0 Å². The number of benzene rings is 1. The number of aliphatic carboxylic acids is 1. The summed E-state index contributed by atoms with van der Waals surface area (Å²) in [6.45, 7) is 3.62. The first-order chi connectivity index (χ1) is 13.0. The lowest BCUT2D eigenvalue weighted by Crippen LogP contribution is -2.61. The molecule has 4 rings (SSSR count). The SMILES string of the molecule is CC[C@H](O)[C@@H]1C(=O)N2C(C(=O)O)=C(SC3CCN(c4ccccc4)C3)S[C@H]12. The number of amides is 1. The molecular weight excluding hydrogens is 384 g/mol. The highest BCUT2D eigenvalue weighted by Crippen LogP contribution is 2.55. The smallest absolute Gasteiger partial charge is 0.354 e. The number of carbonyl (C=O) groups is 2. The fourth-order valence-electron chi connectivity index (χ4n) is 3.85. The maximum Gasteiger partial charge on any atom is 0.354 e. The van der Waals surface area contributed by atoms with Crippen molar-refractivity contribution in [3.63, 3.8) is 0 Å². The molecule has 3 heterocycles. The summed E-state index contributed by atoms with van der Waals surface area (Å²) < 4.78 is 0.701. The van der Waals surface area contributed by atoms with Gasteiger partial charge in [-0.15, -0.1) is 11.8 Å². The van der Waals surface area contributed by atoms with E-state index in [1.807, 2.05) is 25.1 Å². The van der Waals surface area contributed by atoms with E-state index < -0.39 is 18.0 Å². The predicted octanol–water partition coefficient (Wildman–Crippen LogP) is 2.55. The van der Waals surface area contributed by atoms with E-state index in [4.69, 9.17) is 0 Å². The number of anilines is 1. The van der Waals surface area contributed by atoms with E-state index >= 15 is 0 Å². The Bertz CT molecular complexity index is 785. The summed E-state index contributed by atoms with van der Waals surface area (Å²) in [6.07, 6.45) is 0.738. The molecule has 0 spiro atoms. The van der Waals surface area contributed by atoms with Gasteiger partial charge in [0.2, 0.25) is 5.91 Å². The van der Waals surface area contributed by atoms with Crippen LogP contribution in [-0.4, -0.2) is 56.8 Å². The normalized spacial score (nSPS) is 28.4. The second-order valence-corrected chi connectivity index (χ2v) is 9.67. The standard InChI is InChI=1S/C19H22N2O4S2/c1-2-13(22)14-16(23)21-15(18(24)25)19(27-17(14)21)26-12-8-9-20(10-12)11-6-4-3-5-7-11/h3-7,12-14,17,22H,2,8-10H2,1H3,(H,24,25)/t12?,13-,14+,17+/m0/s1. The lowest BCUT2D eigenvalue weighted by molar-refractivity contribution is -0.157. The molecule has 6 nitrogen and oxygen atoms in total. The summed E-state index contributed by atoms with van der Waals surface area (Å²) >= 11 is 2.99. The molecule has 0 radical (unpaired) electrons. The molecule has 3 aliphatic rings. The van der Waals surface area contributed by atoms with Crippen LogP contribution in [0.25, 0.3) is 0 Å². The van der Waals surface area contributed by atoms with Crippen molar-refractivity contribution < 1.29 is 19.8 Å². The van der Waals surface area contributed by atoms with E-state index in [0.29, 0.717) is 10.7 Å². The summed E-state index contributed by atoms with van der Waals surface area (Å²) in [4.78, 5) is 27.9. The van der Waals surface area contributed by atoms with E-state index in [1.165, 1.54) is 22.3 Å². The molecule has 1 aromatic rings. The minimum Gasteiger partial charge on any atom is -0.477 e. The van der Waals surface area contributed by atoms with Gasteiger partial charge in [0, 0.05) is 24.0 Å². The van der Waals surface area contributed by atoms with E-state index in [1.54, 1.807) is 11.8 Å². The van der Waals surface area contributed by atoms with Gasteiger partial charge in [0.25, 0.3) is 0 Å². The summed E-state index contributed by atoms with van der Waals surface area (Å²) in [6, 6.07) is 10.2. The number of β-lactam (4-membered cyclic amide) rings is 1. The van der Waals surface area contributed by atoms with E-state index in [2.05, 4.69) is 17.0 Å². The molecule has 0 aliphatic carbocycles. The van der Waals surface area contributed by atoms with Gasteiger partial charge < -0.3 is 15.1 Å². The largest absolute Gasteiger partial charge is 0.477 e. The fraction of sp³-hybridized carbons (Fsp3) is 0.474. The van der Waals surface area contributed by atoms with Gasteiger partial charge in [-0.2, -0.15) is 0 Å². The third kappa shape index (κ3) is 3.23. The molecule has 1 amide bonds. The number of para-hydroxylation sites is 1. The highest BCUT2D eigenvalue weighted by Gasteiger charge is 2.58. The minimum absolute atomic E-state index is 0.0951. The summed E-state index contributed by atoms with van der Waals surface area (Å²) in [5.74, 6) is -1.84. The van der Waals surface area contributed by atoms with Crippen molar-refractivity contribution in [3.05, 3.63) is 40.3 Å². The van der Waals surface area contributed by atoms with Gasteiger partial charge in [0.1, 0.15) is 5.37 Å².